The molecule has 0 radical (unpaired) electrons. The molecule has 0 spiro atoms. The maximum atomic E-state index is 12.2. The van der Waals surface area contributed by atoms with Gasteiger partial charge in [-0.1, -0.05) is 6.07 Å². The van der Waals surface area contributed by atoms with Crippen LogP contribution in [0.25, 0.3) is 11.3 Å². The Morgan fingerprint density at radius 1 is 1.33 bits per heavy atom. The predicted octanol–water partition coefficient (Wildman–Crippen LogP) is -0.728. The zero-order valence-corrected chi connectivity index (χ0v) is 9.36. The lowest BCUT2D eigenvalue weighted by molar-refractivity contribution is 0.762. The van der Waals surface area contributed by atoms with Gasteiger partial charge >= 0.3 is 5.69 Å². The third-order valence-electron chi connectivity index (χ3n) is 2.61. The molecule has 90 valence electrons. The van der Waals surface area contributed by atoms with Crippen molar-refractivity contribution < 1.29 is 0 Å². The largest absolute Gasteiger partial charge is 0.366 e. The molecule has 3 aromatic heterocycles. The van der Waals surface area contributed by atoms with Crippen molar-refractivity contribution in [3.63, 3.8) is 0 Å². The molecule has 8 nitrogen and oxygen atoms in total. The normalized spacial score (nSPS) is 10.9. The molecule has 0 fully saturated rings. The Morgan fingerprint density at radius 2 is 2.17 bits per heavy atom. The summed E-state index contributed by atoms with van der Waals surface area (Å²) in [4.78, 5) is 27.8. The van der Waals surface area contributed by atoms with E-state index in [1.165, 1.54) is 10.6 Å². The fourth-order valence-corrected chi connectivity index (χ4v) is 1.74. The van der Waals surface area contributed by atoms with Crippen molar-refractivity contribution in [3.8, 4) is 5.69 Å². The summed E-state index contributed by atoms with van der Waals surface area (Å²) in [6, 6.07) is 3.59. The van der Waals surface area contributed by atoms with E-state index in [-0.39, 0.29) is 11.2 Å². The number of pyridine rings is 1. The zero-order valence-electron chi connectivity index (χ0n) is 9.36. The molecule has 3 rings (SSSR count). The lowest BCUT2D eigenvalue weighted by Crippen LogP contribution is -2.27. The molecule has 3 aromatic rings. The monoisotopic (exact) mass is 244 g/mol. The third kappa shape index (κ3) is 1.35. The highest BCUT2D eigenvalue weighted by Crippen LogP contribution is 2.05. The standard InChI is InChI=1S/C10H8N6O2/c1-6-3-2-4-15-8(6)11-5-7(9(15)17)16-10(18)12-13-14-16/h2-5H,1H3,(H,12,14,18). The minimum absolute atomic E-state index is 0.0526. The smallest absolute Gasteiger partial charge is 0.266 e. The zero-order chi connectivity index (χ0) is 12.7. The van der Waals surface area contributed by atoms with E-state index in [9.17, 15) is 9.59 Å². The molecule has 1 N–H and O–H groups in total. The first kappa shape index (κ1) is 10.4. The van der Waals surface area contributed by atoms with Gasteiger partial charge in [0.2, 0.25) is 0 Å². The molecule has 0 aliphatic heterocycles. The van der Waals surface area contributed by atoms with Crippen molar-refractivity contribution in [3.05, 3.63) is 50.9 Å². The second-order valence-electron chi connectivity index (χ2n) is 3.75. The van der Waals surface area contributed by atoms with Crippen molar-refractivity contribution in [1.29, 1.82) is 0 Å². The number of nitrogens with zero attached hydrogens (tertiary/aromatic N) is 5. The summed E-state index contributed by atoms with van der Waals surface area (Å²) in [7, 11) is 0. The van der Waals surface area contributed by atoms with Crippen molar-refractivity contribution >= 4 is 5.65 Å². The highest BCUT2D eigenvalue weighted by molar-refractivity contribution is 5.48. The van der Waals surface area contributed by atoms with Crippen molar-refractivity contribution in [1.82, 2.24) is 29.6 Å². The molecule has 0 aliphatic rings. The first-order valence-electron chi connectivity index (χ1n) is 5.16. The number of aryl methyl sites for hydroxylation is 1. The van der Waals surface area contributed by atoms with Crippen LogP contribution in [-0.4, -0.2) is 29.6 Å². The van der Waals surface area contributed by atoms with E-state index in [2.05, 4.69) is 20.5 Å². The maximum absolute atomic E-state index is 12.2. The molecule has 0 amide bonds. The average Bonchev–Trinajstić information content (AvgIpc) is 2.77. The molecule has 0 saturated carbocycles. The van der Waals surface area contributed by atoms with Crippen molar-refractivity contribution in [2.75, 3.05) is 0 Å². The van der Waals surface area contributed by atoms with Crippen LogP contribution in [0.1, 0.15) is 5.56 Å². The van der Waals surface area contributed by atoms with Crippen LogP contribution in [0.3, 0.4) is 0 Å². The quantitative estimate of drug-likeness (QED) is 0.608. The molecular formula is C10H8N6O2. The number of H-pyrrole nitrogens is 1. The summed E-state index contributed by atoms with van der Waals surface area (Å²) in [6.45, 7) is 1.85. The number of tetrazole rings is 1. The Hall–Kier alpha value is -2.77. The van der Waals surface area contributed by atoms with Gasteiger partial charge in [0.05, 0.1) is 6.20 Å². The predicted molar refractivity (Wildman–Crippen MR) is 61.7 cm³/mol. The lowest BCUT2D eigenvalue weighted by atomic mass is 10.3. The summed E-state index contributed by atoms with van der Waals surface area (Å²) in [5, 5.41) is 8.98. The Morgan fingerprint density at radius 3 is 2.89 bits per heavy atom. The van der Waals surface area contributed by atoms with Crippen LogP contribution >= 0.6 is 0 Å². The molecular weight excluding hydrogens is 236 g/mol. The van der Waals surface area contributed by atoms with Gasteiger partial charge in [-0.3, -0.25) is 9.20 Å². The Kier molecular flexibility index (Phi) is 2.09. The van der Waals surface area contributed by atoms with Crippen LogP contribution in [0.5, 0.6) is 0 Å². The fourth-order valence-electron chi connectivity index (χ4n) is 1.74. The van der Waals surface area contributed by atoms with E-state index in [4.69, 9.17) is 0 Å². The molecule has 0 aliphatic carbocycles. The van der Waals surface area contributed by atoms with Gasteiger partial charge < -0.3 is 0 Å². The number of hydrogen-bond donors (Lipinski definition) is 1. The minimum atomic E-state index is -0.582. The third-order valence-corrected chi connectivity index (χ3v) is 2.61. The lowest BCUT2D eigenvalue weighted by Gasteiger charge is -2.04. The highest BCUT2D eigenvalue weighted by atomic mass is 16.2. The van der Waals surface area contributed by atoms with Gasteiger partial charge in [0.1, 0.15) is 5.65 Å². The molecule has 0 aromatic carbocycles. The van der Waals surface area contributed by atoms with Crippen LogP contribution in [0.4, 0.5) is 0 Å². The minimum Gasteiger partial charge on any atom is -0.266 e. The fraction of sp³-hybridized carbons (Fsp3) is 0.100. The summed E-state index contributed by atoms with van der Waals surface area (Å²) >= 11 is 0. The number of fused-ring (bicyclic) bond motifs is 1. The van der Waals surface area contributed by atoms with Crippen LogP contribution in [0.15, 0.2) is 34.1 Å². The van der Waals surface area contributed by atoms with E-state index in [0.29, 0.717) is 5.65 Å². The van der Waals surface area contributed by atoms with E-state index < -0.39 is 5.69 Å². The second-order valence-corrected chi connectivity index (χ2v) is 3.75. The molecule has 0 bridgehead atoms. The molecule has 3 heterocycles. The number of nitrogens with one attached hydrogen (secondary N) is 1. The number of rotatable bonds is 1. The van der Waals surface area contributed by atoms with E-state index in [0.717, 1.165) is 10.2 Å². The molecule has 0 saturated heterocycles. The maximum Gasteiger partial charge on any atom is 0.366 e. The number of aromatic nitrogens is 6. The van der Waals surface area contributed by atoms with Crippen LogP contribution in [0.2, 0.25) is 0 Å². The number of aromatic amines is 1. The van der Waals surface area contributed by atoms with E-state index in [1.807, 2.05) is 13.0 Å². The molecule has 0 atom stereocenters. The number of hydrogen-bond acceptors (Lipinski definition) is 5. The topological polar surface area (TPSA) is 97.9 Å². The molecule has 18 heavy (non-hydrogen) atoms. The second kappa shape index (κ2) is 3.62. The van der Waals surface area contributed by atoms with E-state index in [1.54, 1.807) is 12.3 Å². The highest BCUT2D eigenvalue weighted by Gasteiger charge is 2.11. The summed E-state index contributed by atoms with van der Waals surface area (Å²) < 4.78 is 2.25. The first-order chi connectivity index (χ1) is 8.68. The van der Waals surface area contributed by atoms with Gasteiger partial charge in [-0.25, -0.2) is 14.9 Å². The molecule has 8 heteroatoms. The average molecular weight is 244 g/mol. The SMILES string of the molecule is Cc1cccn2c(=O)c(-n3nn[nH]c3=O)cnc12. The summed E-state index contributed by atoms with van der Waals surface area (Å²) in [6.07, 6.45) is 2.90. The van der Waals surface area contributed by atoms with Crippen molar-refractivity contribution in [2.45, 2.75) is 6.92 Å². The Bertz CT molecular complexity index is 843. The van der Waals surface area contributed by atoms with Gasteiger partial charge in [-0.2, -0.15) is 4.68 Å². The Balaban J connectivity index is 2.42. The molecule has 0 unspecified atom stereocenters. The summed E-state index contributed by atoms with van der Waals surface area (Å²) in [5.41, 5.74) is 0.509. The first-order valence-corrected chi connectivity index (χ1v) is 5.16. The van der Waals surface area contributed by atoms with Crippen molar-refractivity contribution in [2.24, 2.45) is 0 Å². The van der Waals surface area contributed by atoms with Gasteiger partial charge in [-0.15, -0.1) is 0 Å². The van der Waals surface area contributed by atoms with E-state index >= 15 is 0 Å². The van der Waals surface area contributed by atoms with Crippen LogP contribution in [0, 0.1) is 6.92 Å². The van der Waals surface area contributed by atoms with Gasteiger partial charge in [0, 0.05) is 6.20 Å². The van der Waals surface area contributed by atoms with Gasteiger partial charge in [-0.05, 0) is 29.0 Å². The summed E-state index contributed by atoms with van der Waals surface area (Å²) in [5.74, 6) is 0. The van der Waals surface area contributed by atoms with Crippen LogP contribution < -0.4 is 11.2 Å². The Labute approximate surface area is 99.5 Å². The van der Waals surface area contributed by atoms with Crippen LogP contribution in [-0.2, 0) is 0 Å². The van der Waals surface area contributed by atoms with Gasteiger partial charge in [0.25, 0.3) is 5.56 Å². The van der Waals surface area contributed by atoms with Gasteiger partial charge in [0.15, 0.2) is 5.69 Å².